The Labute approximate surface area is 643 Å². The average Bonchev–Trinajstić information content (AvgIpc) is 1.71. The SMILES string of the molecule is CC(=O)N[C@@H](CS)C(=O)N[C@@H](CCC(N)=O)C(=O)N[C@H](C(=O)N[C@@H](Cc1c[nH]c2ccccc12)C(=O)N[C@@H](CCC(N)=O)C(=O)N[C@@H](CS)C(=O)N[C@@H](Cc1ccc(O)cc1)C(=O)N[C@@H](Cc1c[nH]c2ccccc12)C(=O)N[C@@H](CCC(=O)O)C(=O)N[C@@H](CCC(=O)O)C(=O)N[C@@H](CC(N)=O)C(=O)NCC(N)=O)[C@@H](C)O. The number of nitrogens with two attached hydrogens (primary N) is 4. The number of rotatable bonds is 47. The zero-order valence-electron chi connectivity index (χ0n) is 60.0. The number of hydrogen-bond acceptors (Lipinski definition) is 22. The number of phenolic OH excluding ortho intramolecular Hbond substituents is 1. The molecule has 3 aromatic carbocycles. The maximum atomic E-state index is 15.1. The molecule has 0 aliphatic carbocycles. The van der Waals surface area contributed by atoms with Gasteiger partial charge in [-0.05, 0) is 73.6 Å². The van der Waals surface area contributed by atoms with Gasteiger partial charge in [0, 0.05) is 97.6 Å². The number of aliphatic hydroxyl groups excluding tert-OH is 1. The molecule has 0 bridgehead atoms. The Balaban J connectivity index is 1.48. The van der Waals surface area contributed by atoms with Crippen molar-refractivity contribution in [3.8, 4) is 5.75 Å². The van der Waals surface area contributed by atoms with E-state index in [1.807, 2.05) is 0 Å². The fourth-order valence-corrected chi connectivity index (χ4v) is 11.7. The number of carbonyl (C=O) groups excluding carboxylic acids is 16. The number of phenols is 1. The molecule has 0 radical (unpaired) electrons. The molecule has 0 saturated carbocycles. The predicted molar refractivity (Wildman–Crippen MR) is 399 cm³/mol. The van der Waals surface area contributed by atoms with Crippen LogP contribution in [0.4, 0.5) is 0 Å². The van der Waals surface area contributed by atoms with E-state index >= 15 is 4.79 Å². The van der Waals surface area contributed by atoms with E-state index < -0.39 is 262 Å². The summed E-state index contributed by atoms with van der Waals surface area (Å²) in [6, 6.07) is -0.766. The van der Waals surface area contributed by atoms with Gasteiger partial charge in [0.1, 0.15) is 72.2 Å². The maximum absolute atomic E-state index is 15.1. The number of carboxylic acids is 2. The van der Waals surface area contributed by atoms with Gasteiger partial charge in [-0.25, -0.2) is 0 Å². The van der Waals surface area contributed by atoms with Crippen molar-refractivity contribution in [1.82, 2.24) is 73.8 Å². The van der Waals surface area contributed by atoms with E-state index in [1.165, 1.54) is 36.7 Å². The molecular weight excluding hydrogens is 1500 g/mol. The van der Waals surface area contributed by atoms with Crippen molar-refractivity contribution in [2.45, 2.75) is 163 Å². The van der Waals surface area contributed by atoms with Gasteiger partial charge in [0.05, 0.1) is 19.1 Å². The number of amides is 16. The molecule has 0 unspecified atom stereocenters. The molecule has 2 aromatic heterocycles. The Kier molecular flexibility index (Phi) is 35.1. The Bertz CT molecular complexity index is 4250. The standard InChI is InChI=1S/C69H90N18O22S2/c1-32(88)58(87-63(103)43(16-20-53(71)92)81-67(107)50(30-110)77-33(2)89)69(109)85-48(25-36-28-75-41-10-6-4-8-39(36)41)66(106)79-42(15-19-52(70)91)62(102)86-51(31-111)68(108)82-46(23-34-11-13-37(90)14-12-34)64(104)83-47(24-35-27-74-40-9-5-3-7-38(35)40)65(105)80-44(17-21-56(95)96)60(100)78-45(18-22-57(97)98)61(101)84-49(26-54(72)93)59(99)76-29-55(73)94/h3-14,27-28,32,42-51,58,74-75,88,90,110-111H,15-26,29-31H2,1-2H3,(H2,70,91)(H2,71,92)(H2,72,93)(H2,73,94)(H,76,99)(H,77,89)(H,78,100)(H,79,106)(H,80,105)(H,81,107)(H,82,108)(H,83,104)(H,84,101)(H,85,109)(H,86,102)(H,87,103)(H,95,96)(H,97,98)/t32-,42+,43+,44+,45+,46+,47+,48+,49+,50+,51+,58+/m1/s1. The van der Waals surface area contributed by atoms with Gasteiger partial charge >= 0.3 is 11.9 Å². The topological polar surface area (TPSA) is 668 Å². The normalized spacial score (nSPS) is 14.3. The molecule has 26 N–H and O–H groups in total. The third-order valence-electron chi connectivity index (χ3n) is 16.9. The summed E-state index contributed by atoms with van der Waals surface area (Å²) in [5.41, 5.74) is 23.4. The molecule has 0 saturated heterocycles. The van der Waals surface area contributed by atoms with Crippen LogP contribution in [-0.4, -0.2) is 227 Å². The van der Waals surface area contributed by atoms with Crippen LogP contribution in [0.1, 0.15) is 88.3 Å². The largest absolute Gasteiger partial charge is 0.508 e. The summed E-state index contributed by atoms with van der Waals surface area (Å²) in [5, 5.41) is 70.1. The average molecular weight is 1590 g/mol. The summed E-state index contributed by atoms with van der Waals surface area (Å²) in [6.45, 7) is 1.45. The van der Waals surface area contributed by atoms with Crippen LogP contribution < -0.4 is 86.7 Å². The van der Waals surface area contributed by atoms with Crippen molar-refractivity contribution in [3.05, 3.63) is 102 Å². The summed E-state index contributed by atoms with van der Waals surface area (Å²) in [7, 11) is 0. The van der Waals surface area contributed by atoms with E-state index in [2.05, 4.69) is 99.0 Å². The summed E-state index contributed by atoms with van der Waals surface area (Å²) in [6.07, 6.45) is -6.14. The molecule has 16 amide bonds. The van der Waals surface area contributed by atoms with Crippen LogP contribution >= 0.6 is 25.3 Å². The minimum absolute atomic E-state index is 0.224. The molecule has 600 valence electrons. The number of aromatic nitrogens is 2. The minimum Gasteiger partial charge on any atom is -0.508 e. The first kappa shape index (κ1) is 89.3. The number of aromatic hydroxyl groups is 1. The molecule has 0 spiro atoms. The number of benzene rings is 3. The lowest BCUT2D eigenvalue weighted by molar-refractivity contribution is -0.140. The Morgan fingerprint density at radius 2 is 0.739 bits per heavy atom. The van der Waals surface area contributed by atoms with Gasteiger partial charge < -0.3 is 117 Å². The monoisotopic (exact) mass is 1590 g/mol. The zero-order chi connectivity index (χ0) is 82.3. The quantitative estimate of drug-likeness (QED) is 0.0161. The number of fused-ring (bicyclic) bond motifs is 2. The summed E-state index contributed by atoms with van der Waals surface area (Å²) >= 11 is 8.39. The van der Waals surface area contributed by atoms with E-state index in [-0.39, 0.29) is 23.5 Å². The lowest BCUT2D eigenvalue weighted by Crippen LogP contribution is -2.62. The smallest absolute Gasteiger partial charge is 0.303 e. The van der Waals surface area contributed by atoms with Crippen molar-refractivity contribution >= 4 is 154 Å². The number of nitrogens with one attached hydrogen (secondary N) is 14. The third kappa shape index (κ3) is 29.3. The van der Waals surface area contributed by atoms with Gasteiger partial charge in [0.15, 0.2) is 0 Å². The number of H-pyrrole nitrogens is 2. The summed E-state index contributed by atoms with van der Waals surface area (Å²) in [5.74, 6) is -21.6. The molecule has 0 fully saturated rings. The van der Waals surface area contributed by atoms with E-state index in [9.17, 15) is 102 Å². The first-order chi connectivity index (χ1) is 52.5. The van der Waals surface area contributed by atoms with Crippen molar-refractivity contribution < 1.29 is 107 Å². The molecule has 111 heavy (non-hydrogen) atoms. The summed E-state index contributed by atoms with van der Waals surface area (Å²) < 4.78 is 0. The number of para-hydroxylation sites is 2. The van der Waals surface area contributed by atoms with Crippen LogP contribution in [-0.2, 0) is 106 Å². The van der Waals surface area contributed by atoms with Gasteiger partial charge in [0.25, 0.3) is 0 Å². The number of carboxylic acid groups (broad SMARTS) is 2. The number of thiol groups is 2. The fourth-order valence-electron chi connectivity index (χ4n) is 11.2. The van der Waals surface area contributed by atoms with Crippen LogP contribution in [0.3, 0.4) is 0 Å². The van der Waals surface area contributed by atoms with Gasteiger partial charge in [0.2, 0.25) is 94.5 Å². The Morgan fingerprint density at radius 1 is 0.396 bits per heavy atom. The predicted octanol–water partition coefficient (Wildman–Crippen LogP) is -6.29. The molecule has 40 nitrogen and oxygen atoms in total. The number of hydrogen-bond donors (Lipinski definition) is 24. The third-order valence-corrected chi connectivity index (χ3v) is 17.6. The maximum Gasteiger partial charge on any atom is 0.303 e. The molecule has 12 atom stereocenters. The first-order valence-corrected chi connectivity index (χ1v) is 35.7. The zero-order valence-corrected chi connectivity index (χ0v) is 61.7. The highest BCUT2D eigenvalue weighted by Crippen LogP contribution is 2.22. The number of aliphatic hydroxyl groups is 1. The second-order valence-electron chi connectivity index (χ2n) is 25.6. The number of primary amides is 4. The van der Waals surface area contributed by atoms with Gasteiger partial charge in [-0.15, -0.1) is 0 Å². The van der Waals surface area contributed by atoms with Gasteiger partial charge in [-0.2, -0.15) is 25.3 Å². The molecule has 2 heterocycles. The molecule has 5 aromatic rings. The van der Waals surface area contributed by atoms with Crippen LogP contribution in [0, 0.1) is 0 Å². The van der Waals surface area contributed by atoms with Crippen molar-refractivity contribution in [2.24, 2.45) is 22.9 Å². The first-order valence-electron chi connectivity index (χ1n) is 34.4. The molecule has 42 heteroatoms. The van der Waals surface area contributed by atoms with Crippen LogP contribution in [0.15, 0.2) is 85.2 Å². The van der Waals surface area contributed by atoms with Crippen LogP contribution in [0.5, 0.6) is 5.75 Å². The van der Waals surface area contributed by atoms with E-state index in [0.717, 1.165) is 13.8 Å². The number of aromatic amines is 2. The molecular formula is C69H90N18O22S2. The highest BCUT2D eigenvalue weighted by molar-refractivity contribution is 7.80. The van der Waals surface area contributed by atoms with Gasteiger partial charge in [-0.1, -0.05) is 48.5 Å². The molecule has 0 aliphatic rings. The van der Waals surface area contributed by atoms with E-state index in [4.69, 9.17) is 22.9 Å². The second-order valence-corrected chi connectivity index (χ2v) is 26.4. The number of aliphatic carboxylic acids is 2. The van der Waals surface area contributed by atoms with E-state index in [0.29, 0.717) is 32.9 Å². The Morgan fingerprint density at radius 3 is 1.12 bits per heavy atom. The van der Waals surface area contributed by atoms with Crippen LogP contribution in [0.25, 0.3) is 21.8 Å². The van der Waals surface area contributed by atoms with Crippen molar-refractivity contribution in [3.63, 3.8) is 0 Å². The Hall–Kier alpha value is -12.3. The van der Waals surface area contributed by atoms with Gasteiger partial charge in [-0.3, -0.25) is 86.3 Å². The highest BCUT2D eigenvalue weighted by atomic mass is 32.1. The lowest BCUT2D eigenvalue weighted by atomic mass is 10.0. The van der Waals surface area contributed by atoms with Crippen molar-refractivity contribution in [2.75, 3.05) is 18.1 Å². The fraction of sp³-hybridized carbons (Fsp3) is 0.420. The lowest BCUT2D eigenvalue weighted by Gasteiger charge is -2.29. The number of carbonyl (C=O) groups is 18. The van der Waals surface area contributed by atoms with Crippen LogP contribution in [0.2, 0.25) is 0 Å². The second kappa shape index (κ2) is 43.6. The highest BCUT2D eigenvalue weighted by Gasteiger charge is 2.39. The summed E-state index contributed by atoms with van der Waals surface area (Å²) in [4.78, 5) is 246. The molecule has 0 aliphatic heterocycles. The molecule has 5 rings (SSSR count). The van der Waals surface area contributed by atoms with E-state index in [1.54, 1.807) is 48.5 Å². The van der Waals surface area contributed by atoms with Crippen molar-refractivity contribution in [1.29, 1.82) is 0 Å². The minimum atomic E-state index is -1.94.